The summed E-state index contributed by atoms with van der Waals surface area (Å²) in [4.78, 5) is 28.1. The minimum atomic E-state index is -0.264. The van der Waals surface area contributed by atoms with Gasteiger partial charge in [0.05, 0.1) is 0 Å². The largest absolute Gasteiger partial charge is 0.351 e. The predicted octanol–water partition coefficient (Wildman–Crippen LogP) is 2.46. The first-order valence-electron chi connectivity index (χ1n) is 7.68. The molecule has 2 aromatic rings. The van der Waals surface area contributed by atoms with Crippen molar-refractivity contribution < 1.29 is 9.59 Å². The molecule has 0 aliphatic heterocycles. The van der Waals surface area contributed by atoms with Gasteiger partial charge >= 0.3 is 0 Å². The van der Waals surface area contributed by atoms with Gasteiger partial charge in [-0.3, -0.25) is 14.6 Å². The molecule has 0 atom stereocenters. The number of hydrogen-bond acceptors (Lipinski definition) is 3. The molecule has 2 rings (SSSR count). The molecule has 1 aromatic heterocycles. The van der Waals surface area contributed by atoms with Gasteiger partial charge in [-0.25, -0.2) is 0 Å². The SMILES string of the molecule is CCCNC(=O)c1cc(C(=O)NCc2ccc(C)cc2)ccn1. The van der Waals surface area contributed by atoms with Crippen LogP contribution in [-0.2, 0) is 6.54 Å². The lowest BCUT2D eigenvalue weighted by Gasteiger charge is -2.07. The normalized spacial score (nSPS) is 10.2. The quantitative estimate of drug-likeness (QED) is 0.861. The highest BCUT2D eigenvalue weighted by Crippen LogP contribution is 2.05. The van der Waals surface area contributed by atoms with E-state index in [0.29, 0.717) is 18.7 Å². The molecular formula is C18H21N3O2. The molecule has 0 saturated carbocycles. The Balaban J connectivity index is 1.99. The average molecular weight is 311 g/mol. The molecule has 2 N–H and O–H groups in total. The molecule has 1 aromatic carbocycles. The summed E-state index contributed by atoms with van der Waals surface area (Å²) in [6, 6.07) is 11.1. The van der Waals surface area contributed by atoms with Crippen LogP contribution in [0.1, 0.15) is 45.3 Å². The van der Waals surface area contributed by atoms with Crippen molar-refractivity contribution in [2.75, 3.05) is 6.54 Å². The van der Waals surface area contributed by atoms with Crippen LogP contribution in [-0.4, -0.2) is 23.3 Å². The number of carbonyl (C=O) groups excluding carboxylic acids is 2. The van der Waals surface area contributed by atoms with E-state index in [2.05, 4.69) is 15.6 Å². The Hall–Kier alpha value is -2.69. The molecular weight excluding hydrogens is 290 g/mol. The third-order valence-corrected chi connectivity index (χ3v) is 3.36. The first-order valence-corrected chi connectivity index (χ1v) is 7.68. The Morgan fingerprint density at radius 3 is 2.48 bits per heavy atom. The number of amides is 2. The Morgan fingerprint density at radius 1 is 1.04 bits per heavy atom. The van der Waals surface area contributed by atoms with Gasteiger partial charge in [-0.1, -0.05) is 36.8 Å². The minimum Gasteiger partial charge on any atom is -0.351 e. The van der Waals surface area contributed by atoms with Crippen molar-refractivity contribution in [3.8, 4) is 0 Å². The van der Waals surface area contributed by atoms with E-state index in [-0.39, 0.29) is 17.5 Å². The number of aryl methyl sites for hydroxylation is 1. The van der Waals surface area contributed by atoms with Gasteiger partial charge in [0.15, 0.2) is 0 Å². The van der Waals surface area contributed by atoms with Crippen molar-refractivity contribution in [2.45, 2.75) is 26.8 Å². The lowest BCUT2D eigenvalue weighted by molar-refractivity contribution is 0.0948. The zero-order valence-corrected chi connectivity index (χ0v) is 13.4. The predicted molar refractivity (Wildman–Crippen MR) is 89.2 cm³/mol. The molecule has 1 heterocycles. The fraction of sp³-hybridized carbons (Fsp3) is 0.278. The zero-order valence-electron chi connectivity index (χ0n) is 13.4. The molecule has 23 heavy (non-hydrogen) atoms. The average Bonchev–Trinajstić information content (AvgIpc) is 2.59. The van der Waals surface area contributed by atoms with Gasteiger partial charge in [0.1, 0.15) is 5.69 Å². The summed E-state index contributed by atoms with van der Waals surface area (Å²) < 4.78 is 0. The lowest BCUT2D eigenvalue weighted by atomic mass is 10.1. The van der Waals surface area contributed by atoms with E-state index in [1.165, 1.54) is 17.8 Å². The van der Waals surface area contributed by atoms with E-state index in [1.807, 2.05) is 38.1 Å². The van der Waals surface area contributed by atoms with Crippen LogP contribution in [0.3, 0.4) is 0 Å². The van der Waals surface area contributed by atoms with Crippen molar-refractivity contribution in [3.05, 3.63) is 65.0 Å². The van der Waals surface area contributed by atoms with Gasteiger partial charge in [0.2, 0.25) is 0 Å². The Bertz CT molecular complexity index is 681. The van der Waals surface area contributed by atoms with Crippen molar-refractivity contribution >= 4 is 11.8 Å². The third kappa shape index (κ3) is 4.92. The maximum Gasteiger partial charge on any atom is 0.269 e. The Kier molecular flexibility index (Phi) is 5.86. The highest BCUT2D eigenvalue weighted by Gasteiger charge is 2.11. The third-order valence-electron chi connectivity index (χ3n) is 3.36. The van der Waals surface area contributed by atoms with E-state index in [9.17, 15) is 9.59 Å². The molecule has 0 unspecified atom stereocenters. The number of hydrogen-bond donors (Lipinski definition) is 2. The van der Waals surface area contributed by atoms with Crippen LogP contribution in [0.4, 0.5) is 0 Å². The maximum absolute atomic E-state index is 12.2. The molecule has 0 aliphatic carbocycles. The minimum absolute atomic E-state index is 0.225. The van der Waals surface area contributed by atoms with Crippen molar-refractivity contribution in [2.24, 2.45) is 0 Å². The number of pyridine rings is 1. The monoisotopic (exact) mass is 311 g/mol. The standard InChI is InChI=1S/C18H21N3O2/c1-3-9-20-18(23)16-11-15(8-10-19-16)17(22)21-12-14-6-4-13(2)5-7-14/h4-8,10-11H,3,9,12H2,1-2H3,(H,20,23)(H,21,22). The molecule has 5 heteroatoms. The van der Waals surface area contributed by atoms with Gasteiger partial charge in [0.25, 0.3) is 11.8 Å². The van der Waals surface area contributed by atoms with Gasteiger partial charge in [0, 0.05) is 24.8 Å². The summed E-state index contributed by atoms with van der Waals surface area (Å²) in [6.07, 6.45) is 2.32. The lowest BCUT2D eigenvalue weighted by Crippen LogP contribution is -2.26. The molecule has 2 amide bonds. The second kappa shape index (κ2) is 8.08. The summed E-state index contributed by atoms with van der Waals surface area (Å²) >= 11 is 0. The van der Waals surface area contributed by atoms with Crippen LogP contribution in [0.25, 0.3) is 0 Å². The summed E-state index contributed by atoms with van der Waals surface area (Å²) in [5.41, 5.74) is 2.88. The maximum atomic E-state index is 12.2. The van der Waals surface area contributed by atoms with Crippen LogP contribution >= 0.6 is 0 Å². The van der Waals surface area contributed by atoms with E-state index >= 15 is 0 Å². The van der Waals surface area contributed by atoms with E-state index in [1.54, 1.807) is 6.07 Å². The summed E-state index contributed by atoms with van der Waals surface area (Å²) in [5, 5.41) is 5.59. The van der Waals surface area contributed by atoms with Crippen LogP contribution in [0.5, 0.6) is 0 Å². The Morgan fingerprint density at radius 2 is 1.78 bits per heavy atom. The summed E-state index contributed by atoms with van der Waals surface area (Å²) in [5.74, 6) is -0.488. The van der Waals surface area contributed by atoms with Crippen LogP contribution < -0.4 is 10.6 Å². The topological polar surface area (TPSA) is 71.1 Å². The smallest absolute Gasteiger partial charge is 0.269 e. The number of aromatic nitrogens is 1. The van der Waals surface area contributed by atoms with Crippen LogP contribution in [0.15, 0.2) is 42.6 Å². The van der Waals surface area contributed by atoms with Crippen molar-refractivity contribution in [1.82, 2.24) is 15.6 Å². The van der Waals surface area contributed by atoms with Crippen LogP contribution in [0, 0.1) is 6.92 Å². The van der Waals surface area contributed by atoms with Crippen molar-refractivity contribution in [3.63, 3.8) is 0 Å². The summed E-state index contributed by atoms with van der Waals surface area (Å²) in [7, 11) is 0. The number of rotatable bonds is 6. The molecule has 120 valence electrons. The molecule has 5 nitrogen and oxygen atoms in total. The Labute approximate surface area is 136 Å². The second-order valence-corrected chi connectivity index (χ2v) is 5.35. The van der Waals surface area contributed by atoms with E-state index in [0.717, 1.165) is 12.0 Å². The molecule has 0 bridgehead atoms. The van der Waals surface area contributed by atoms with Crippen molar-refractivity contribution in [1.29, 1.82) is 0 Å². The first kappa shape index (κ1) is 16.7. The number of nitrogens with zero attached hydrogens (tertiary/aromatic N) is 1. The fourth-order valence-corrected chi connectivity index (χ4v) is 2.02. The summed E-state index contributed by atoms with van der Waals surface area (Å²) in [6.45, 7) is 5.02. The number of nitrogens with one attached hydrogen (secondary N) is 2. The first-order chi connectivity index (χ1) is 11.1. The highest BCUT2D eigenvalue weighted by atomic mass is 16.2. The van der Waals surface area contributed by atoms with Gasteiger partial charge in [-0.05, 0) is 31.0 Å². The van der Waals surface area contributed by atoms with E-state index in [4.69, 9.17) is 0 Å². The van der Waals surface area contributed by atoms with Gasteiger partial charge in [-0.15, -0.1) is 0 Å². The molecule has 0 fully saturated rings. The van der Waals surface area contributed by atoms with Crippen LogP contribution in [0.2, 0.25) is 0 Å². The number of benzene rings is 1. The highest BCUT2D eigenvalue weighted by molar-refractivity contribution is 5.98. The molecule has 0 saturated heterocycles. The fourth-order valence-electron chi connectivity index (χ4n) is 2.02. The van der Waals surface area contributed by atoms with E-state index < -0.39 is 0 Å². The second-order valence-electron chi connectivity index (χ2n) is 5.35. The zero-order chi connectivity index (χ0) is 16.7. The molecule has 0 radical (unpaired) electrons. The van der Waals surface area contributed by atoms with Gasteiger partial charge < -0.3 is 10.6 Å². The number of carbonyl (C=O) groups is 2. The van der Waals surface area contributed by atoms with Gasteiger partial charge in [-0.2, -0.15) is 0 Å². The molecule has 0 spiro atoms. The molecule has 0 aliphatic rings.